The Morgan fingerprint density at radius 3 is 2.82 bits per heavy atom. The molecule has 110 valence electrons. The molecule has 0 bridgehead atoms. The van der Waals surface area contributed by atoms with Crippen molar-refractivity contribution in [3.8, 4) is 11.5 Å². The van der Waals surface area contributed by atoms with Gasteiger partial charge in [-0.3, -0.25) is 9.78 Å². The Hall–Kier alpha value is -3.08. The van der Waals surface area contributed by atoms with Crippen molar-refractivity contribution in [2.75, 3.05) is 12.4 Å². The summed E-state index contributed by atoms with van der Waals surface area (Å²) in [4.78, 5) is 16.5. The van der Waals surface area contributed by atoms with Crippen LogP contribution in [0.4, 0.5) is 5.69 Å². The van der Waals surface area contributed by atoms with Gasteiger partial charge >= 0.3 is 0 Å². The number of pyridine rings is 1. The smallest absolute Gasteiger partial charge is 0.261 e. The maximum absolute atomic E-state index is 12.3. The highest BCUT2D eigenvalue weighted by atomic mass is 16.5. The normalized spacial score (nSPS) is 10.4. The molecule has 0 saturated heterocycles. The van der Waals surface area contributed by atoms with Crippen molar-refractivity contribution in [2.24, 2.45) is 0 Å². The lowest BCUT2D eigenvalue weighted by atomic mass is 10.1. The zero-order valence-corrected chi connectivity index (χ0v) is 11.9. The van der Waals surface area contributed by atoms with Crippen molar-refractivity contribution in [1.29, 1.82) is 0 Å². The molecule has 5 nitrogen and oxygen atoms in total. The van der Waals surface area contributed by atoms with Gasteiger partial charge in [-0.15, -0.1) is 0 Å². The highest BCUT2D eigenvalue weighted by molar-refractivity contribution is 6.09. The van der Waals surface area contributed by atoms with E-state index in [9.17, 15) is 9.90 Å². The second-order valence-electron chi connectivity index (χ2n) is 4.72. The van der Waals surface area contributed by atoms with E-state index in [0.717, 1.165) is 0 Å². The van der Waals surface area contributed by atoms with E-state index in [2.05, 4.69) is 10.3 Å². The van der Waals surface area contributed by atoms with E-state index in [1.54, 1.807) is 49.6 Å². The molecule has 3 aromatic rings. The van der Waals surface area contributed by atoms with Gasteiger partial charge in [0.2, 0.25) is 0 Å². The first-order valence-electron chi connectivity index (χ1n) is 6.71. The van der Waals surface area contributed by atoms with Crippen LogP contribution < -0.4 is 10.1 Å². The lowest BCUT2D eigenvalue weighted by Gasteiger charge is -2.09. The summed E-state index contributed by atoms with van der Waals surface area (Å²) < 4.78 is 5.11. The van der Waals surface area contributed by atoms with Gasteiger partial charge in [0.25, 0.3) is 5.91 Å². The van der Waals surface area contributed by atoms with Gasteiger partial charge in [-0.05, 0) is 24.3 Å². The quantitative estimate of drug-likeness (QED) is 0.778. The van der Waals surface area contributed by atoms with Crippen LogP contribution in [0.15, 0.2) is 54.7 Å². The first kappa shape index (κ1) is 13.9. The zero-order valence-electron chi connectivity index (χ0n) is 11.9. The number of methoxy groups -OCH3 is 1. The molecular weight excluding hydrogens is 280 g/mol. The summed E-state index contributed by atoms with van der Waals surface area (Å²) in [6.07, 6.45) is 1.37. The fraction of sp³-hybridized carbons (Fsp3) is 0.0588. The first-order valence-corrected chi connectivity index (χ1v) is 6.71. The number of nitrogens with zero attached hydrogens (tertiary/aromatic N) is 1. The number of nitrogens with one attached hydrogen (secondary N) is 1. The number of rotatable bonds is 3. The number of aromatic nitrogens is 1. The second kappa shape index (κ2) is 5.73. The van der Waals surface area contributed by atoms with Gasteiger partial charge in [-0.1, -0.05) is 18.2 Å². The average molecular weight is 294 g/mol. The Morgan fingerprint density at radius 2 is 2.00 bits per heavy atom. The molecule has 0 aliphatic heterocycles. The molecule has 22 heavy (non-hydrogen) atoms. The van der Waals surface area contributed by atoms with Crippen molar-refractivity contribution >= 4 is 22.5 Å². The number of carbonyl (C=O) groups is 1. The van der Waals surface area contributed by atoms with Crippen LogP contribution in [0.25, 0.3) is 10.9 Å². The molecule has 2 aromatic carbocycles. The number of ether oxygens (including phenoxy) is 1. The van der Waals surface area contributed by atoms with Crippen LogP contribution in [0.3, 0.4) is 0 Å². The molecule has 0 spiro atoms. The molecule has 1 amide bonds. The number of hydrogen-bond donors (Lipinski definition) is 2. The minimum absolute atomic E-state index is 0.0778. The van der Waals surface area contributed by atoms with Crippen molar-refractivity contribution in [1.82, 2.24) is 4.98 Å². The molecule has 0 atom stereocenters. The molecule has 5 heteroatoms. The fourth-order valence-electron chi connectivity index (χ4n) is 2.19. The first-order chi connectivity index (χ1) is 10.7. The van der Waals surface area contributed by atoms with E-state index >= 15 is 0 Å². The Labute approximate surface area is 127 Å². The van der Waals surface area contributed by atoms with Crippen LogP contribution in [0.2, 0.25) is 0 Å². The predicted octanol–water partition coefficient (Wildman–Crippen LogP) is 3.20. The highest BCUT2D eigenvalue weighted by Crippen LogP contribution is 2.27. The minimum atomic E-state index is -0.427. The number of hydrogen-bond acceptors (Lipinski definition) is 4. The summed E-state index contributed by atoms with van der Waals surface area (Å²) in [5, 5.41) is 13.5. The van der Waals surface area contributed by atoms with E-state index in [1.807, 2.05) is 6.07 Å². The molecule has 0 unspecified atom stereocenters. The minimum Gasteiger partial charge on any atom is -0.506 e. The molecule has 3 rings (SSSR count). The van der Waals surface area contributed by atoms with Crippen LogP contribution in [0.5, 0.6) is 11.5 Å². The summed E-state index contributed by atoms with van der Waals surface area (Å²) in [5.41, 5.74) is 1.34. The van der Waals surface area contributed by atoms with Crippen molar-refractivity contribution in [3.63, 3.8) is 0 Å². The van der Waals surface area contributed by atoms with Crippen LogP contribution in [0, 0.1) is 0 Å². The lowest BCUT2D eigenvalue weighted by molar-refractivity contribution is 0.102. The van der Waals surface area contributed by atoms with Crippen molar-refractivity contribution in [2.45, 2.75) is 0 Å². The van der Waals surface area contributed by atoms with Crippen LogP contribution >= 0.6 is 0 Å². The standard InChI is InChI=1S/C17H14N2O3/c1-22-12-6-4-5-11(9-12)19-17(21)14-10-18-15-8-3-2-7-13(15)16(14)20/h2-10H,1H3,(H,18,20)(H,19,21). The number of fused-ring (bicyclic) bond motifs is 1. The summed E-state index contributed by atoms with van der Waals surface area (Å²) in [5.74, 6) is 0.133. The molecular formula is C17H14N2O3. The molecule has 0 aliphatic rings. The molecule has 0 saturated carbocycles. The molecule has 0 radical (unpaired) electrons. The third-order valence-corrected chi connectivity index (χ3v) is 3.32. The Bertz CT molecular complexity index is 846. The SMILES string of the molecule is COc1cccc(NC(=O)c2cnc3ccccc3c2O)c1. The van der Waals surface area contributed by atoms with Crippen molar-refractivity contribution < 1.29 is 14.6 Å². The molecule has 0 fully saturated rings. The number of amides is 1. The van der Waals surface area contributed by atoms with Crippen LogP contribution in [-0.4, -0.2) is 23.1 Å². The zero-order chi connectivity index (χ0) is 15.5. The van der Waals surface area contributed by atoms with Gasteiger partial charge in [0.1, 0.15) is 17.1 Å². The van der Waals surface area contributed by atoms with Gasteiger partial charge in [0.05, 0.1) is 12.6 Å². The third kappa shape index (κ3) is 2.56. The van der Waals surface area contributed by atoms with E-state index < -0.39 is 5.91 Å². The predicted molar refractivity (Wildman–Crippen MR) is 84.4 cm³/mol. The van der Waals surface area contributed by atoms with E-state index in [0.29, 0.717) is 22.3 Å². The molecule has 1 aromatic heterocycles. The topological polar surface area (TPSA) is 71.5 Å². The van der Waals surface area contributed by atoms with Crippen LogP contribution in [-0.2, 0) is 0 Å². The lowest BCUT2D eigenvalue weighted by Crippen LogP contribution is -2.12. The maximum Gasteiger partial charge on any atom is 0.261 e. The second-order valence-corrected chi connectivity index (χ2v) is 4.72. The molecule has 0 aliphatic carbocycles. The average Bonchev–Trinajstić information content (AvgIpc) is 2.55. The summed E-state index contributed by atoms with van der Waals surface area (Å²) >= 11 is 0. The summed E-state index contributed by atoms with van der Waals surface area (Å²) in [6, 6.07) is 14.1. The number of anilines is 1. The Morgan fingerprint density at radius 1 is 1.18 bits per heavy atom. The van der Waals surface area contributed by atoms with Gasteiger partial charge in [-0.25, -0.2) is 0 Å². The monoisotopic (exact) mass is 294 g/mol. The third-order valence-electron chi connectivity index (χ3n) is 3.32. The fourth-order valence-corrected chi connectivity index (χ4v) is 2.19. The number of para-hydroxylation sites is 1. The van der Waals surface area contributed by atoms with E-state index in [-0.39, 0.29) is 11.3 Å². The number of benzene rings is 2. The van der Waals surface area contributed by atoms with Gasteiger partial charge in [-0.2, -0.15) is 0 Å². The highest BCUT2D eigenvalue weighted by Gasteiger charge is 2.15. The summed E-state index contributed by atoms with van der Waals surface area (Å²) in [7, 11) is 1.56. The molecule has 1 heterocycles. The Balaban J connectivity index is 1.93. The maximum atomic E-state index is 12.3. The number of carbonyl (C=O) groups excluding carboxylic acids is 1. The van der Waals surface area contributed by atoms with Crippen molar-refractivity contribution in [3.05, 3.63) is 60.3 Å². The largest absolute Gasteiger partial charge is 0.506 e. The van der Waals surface area contributed by atoms with Gasteiger partial charge < -0.3 is 15.2 Å². The Kier molecular flexibility index (Phi) is 3.62. The van der Waals surface area contributed by atoms with E-state index in [4.69, 9.17) is 4.74 Å². The molecule has 2 N–H and O–H groups in total. The van der Waals surface area contributed by atoms with E-state index in [1.165, 1.54) is 6.20 Å². The van der Waals surface area contributed by atoms with Gasteiger partial charge in [0.15, 0.2) is 0 Å². The van der Waals surface area contributed by atoms with Crippen LogP contribution in [0.1, 0.15) is 10.4 Å². The number of aromatic hydroxyl groups is 1. The summed E-state index contributed by atoms with van der Waals surface area (Å²) in [6.45, 7) is 0. The van der Waals surface area contributed by atoms with Gasteiger partial charge in [0, 0.05) is 23.3 Å².